The number of likely N-dealkylation sites (tertiary alicyclic amines) is 1. The molecule has 2 amide bonds. The second-order valence-electron chi connectivity index (χ2n) is 8.52. The van der Waals surface area contributed by atoms with E-state index in [0.29, 0.717) is 16.8 Å². The van der Waals surface area contributed by atoms with Gasteiger partial charge in [0.25, 0.3) is 0 Å². The number of nitrogens with zero attached hydrogens (tertiary/aromatic N) is 1. The third-order valence-corrected chi connectivity index (χ3v) is 7.27. The maximum absolute atomic E-state index is 12.6. The summed E-state index contributed by atoms with van der Waals surface area (Å²) in [5.74, 6) is 1.51. The van der Waals surface area contributed by atoms with Crippen LogP contribution in [0.4, 0.5) is 10.5 Å². The van der Waals surface area contributed by atoms with Crippen LogP contribution in [-0.2, 0) is 5.41 Å². The number of nitrogens with one attached hydrogen (secondary N) is 2. The van der Waals surface area contributed by atoms with E-state index in [0.717, 1.165) is 43.7 Å². The van der Waals surface area contributed by atoms with Gasteiger partial charge >= 0.3 is 6.03 Å². The summed E-state index contributed by atoms with van der Waals surface area (Å²) in [4.78, 5) is 15.0. The van der Waals surface area contributed by atoms with Crippen LogP contribution < -0.4 is 20.1 Å². The van der Waals surface area contributed by atoms with Gasteiger partial charge in [-0.2, -0.15) is 0 Å². The molecule has 1 saturated heterocycles. The SMILES string of the molecule is COc1ccc(C23CCC(NC(=O)Nc4ccccc4Cl)CC2N(C)CC3)cc1OC. The van der Waals surface area contributed by atoms with E-state index >= 15 is 0 Å². The van der Waals surface area contributed by atoms with Crippen molar-refractivity contribution in [3.05, 3.63) is 53.1 Å². The summed E-state index contributed by atoms with van der Waals surface area (Å²) in [6.45, 7) is 1.04. The highest BCUT2D eigenvalue weighted by Crippen LogP contribution is 2.49. The van der Waals surface area contributed by atoms with Crippen LogP contribution in [0.1, 0.15) is 31.2 Å². The van der Waals surface area contributed by atoms with Crippen LogP contribution in [0.2, 0.25) is 5.02 Å². The number of amides is 2. The Morgan fingerprint density at radius 3 is 2.65 bits per heavy atom. The molecule has 166 valence electrons. The Morgan fingerprint density at radius 2 is 1.90 bits per heavy atom. The molecule has 0 spiro atoms. The zero-order chi connectivity index (χ0) is 22.0. The van der Waals surface area contributed by atoms with Crippen molar-refractivity contribution in [1.29, 1.82) is 0 Å². The molecule has 2 fully saturated rings. The number of carbonyl (C=O) groups excluding carboxylic acids is 1. The average molecular weight is 444 g/mol. The lowest BCUT2D eigenvalue weighted by atomic mass is 9.65. The third kappa shape index (κ3) is 4.19. The number of carbonyl (C=O) groups is 1. The quantitative estimate of drug-likeness (QED) is 0.704. The van der Waals surface area contributed by atoms with Crippen LogP contribution in [0, 0.1) is 0 Å². The monoisotopic (exact) mass is 443 g/mol. The zero-order valence-electron chi connectivity index (χ0n) is 18.3. The number of rotatable bonds is 5. The molecule has 2 aromatic rings. The maximum Gasteiger partial charge on any atom is 0.319 e. The van der Waals surface area contributed by atoms with E-state index in [9.17, 15) is 4.79 Å². The summed E-state index contributed by atoms with van der Waals surface area (Å²) in [5, 5.41) is 6.56. The van der Waals surface area contributed by atoms with Crippen molar-refractivity contribution in [2.75, 3.05) is 33.1 Å². The molecule has 1 heterocycles. The maximum atomic E-state index is 12.6. The first-order valence-corrected chi connectivity index (χ1v) is 11.1. The number of hydrogen-bond acceptors (Lipinski definition) is 4. The van der Waals surface area contributed by atoms with Crippen molar-refractivity contribution in [1.82, 2.24) is 10.2 Å². The fraction of sp³-hybridized carbons (Fsp3) is 0.458. The smallest absolute Gasteiger partial charge is 0.319 e. The van der Waals surface area contributed by atoms with E-state index in [-0.39, 0.29) is 17.5 Å². The molecule has 3 unspecified atom stereocenters. The first-order valence-electron chi connectivity index (χ1n) is 10.7. The van der Waals surface area contributed by atoms with Crippen molar-refractivity contribution in [2.24, 2.45) is 0 Å². The number of urea groups is 1. The Bertz CT molecular complexity index is 953. The van der Waals surface area contributed by atoms with Crippen LogP contribution in [0.5, 0.6) is 11.5 Å². The van der Waals surface area contributed by atoms with Gasteiger partial charge in [0.05, 0.1) is 24.9 Å². The van der Waals surface area contributed by atoms with Gasteiger partial charge in [0.15, 0.2) is 11.5 Å². The van der Waals surface area contributed by atoms with Gasteiger partial charge in [0.2, 0.25) is 0 Å². The number of ether oxygens (including phenoxy) is 2. The minimum Gasteiger partial charge on any atom is -0.493 e. The van der Waals surface area contributed by atoms with Crippen molar-refractivity contribution in [3.63, 3.8) is 0 Å². The first-order chi connectivity index (χ1) is 15.0. The number of hydrogen-bond donors (Lipinski definition) is 2. The number of likely N-dealkylation sites (N-methyl/N-ethyl adjacent to an activating group) is 1. The number of para-hydroxylation sites is 1. The highest BCUT2D eigenvalue weighted by atomic mass is 35.5. The molecule has 2 aliphatic rings. The Kier molecular flexibility index (Phi) is 6.30. The van der Waals surface area contributed by atoms with E-state index in [2.05, 4.69) is 34.7 Å². The summed E-state index contributed by atoms with van der Waals surface area (Å²) in [7, 11) is 5.52. The molecule has 7 heteroatoms. The highest BCUT2D eigenvalue weighted by Gasteiger charge is 2.50. The summed E-state index contributed by atoms with van der Waals surface area (Å²) in [6.07, 6.45) is 3.94. The lowest BCUT2D eigenvalue weighted by Gasteiger charge is -2.45. The van der Waals surface area contributed by atoms with E-state index < -0.39 is 0 Å². The summed E-state index contributed by atoms with van der Waals surface area (Å²) in [6, 6.07) is 13.8. The second kappa shape index (κ2) is 8.97. The van der Waals surface area contributed by atoms with Gasteiger partial charge in [-0.25, -0.2) is 4.79 Å². The van der Waals surface area contributed by atoms with Gasteiger partial charge in [0.1, 0.15) is 0 Å². The molecule has 6 nitrogen and oxygen atoms in total. The topological polar surface area (TPSA) is 62.8 Å². The fourth-order valence-corrected chi connectivity index (χ4v) is 5.48. The van der Waals surface area contributed by atoms with Gasteiger partial charge in [0, 0.05) is 17.5 Å². The van der Waals surface area contributed by atoms with Crippen molar-refractivity contribution < 1.29 is 14.3 Å². The predicted octanol–water partition coefficient (Wildman–Crippen LogP) is 4.67. The molecule has 2 N–H and O–H groups in total. The summed E-state index contributed by atoms with van der Waals surface area (Å²) in [5.41, 5.74) is 1.97. The lowest BCUT2D eigenvalue weighted by Crippen LogP contribution is -2.52. The van der Waals surface area contributed by atoms with Gasteiger partial charge in [-0.3, -0.25) is 0 Å². The van der Waals surface area contributed by atoms with E-state index in [1.54, 1.807) is 26.4 Å². The van der Waals surface area contributed by atoms with Gasteiger partial charge in [-0.15, -0.1) is 0 Å². The number of methoxy groups -OCH3 is 2. The average Bonchev–Trinajstić information content (AvgIpc) is 3.12. The number of fused-ring (bicyclic) bond motifs is 1. The molecule has 0 aromatic heterocycles. The Hall–Kier alpha value is -2.44. The van der Waals surface area contributed by atoms with Gasteiger partial charge < -0.3 is 25.0 Å². The molecule has 0 radical (unpaired) electrons. The second-order valence-corrected chi connectivity index (χ2v) is 8.93. The largest absolute Gasteiger partial charge is 0.493 e. The highest BCUT2D eigenvalue weighted by molar-refractivity contribution is 6.33. The van der Waals surface area contributed by atoms with E-state index in [4.69, 9.17) is 21.1 Å². The Balaban J connectivity index is 1.49. The molecule has 1 aliphatic carbocycles. The van der Waals surface area contributed by atoms with Crippen LogP contribution in [0.25, 0.3) is 0 Å². The summed E-state index contributed by atoms with van der Waals surface area (Å²) >= 11 is 6.17. The van der Waals surface area contributed by atoms with Crippen LogP contribution in [-0.4, -0.2) is 50.8 Å². The van der Waals surface area contributed by atoms with Crippen LogP contribution >= 0.6 is 11.6 Å². The molecular formula is C24H30ClN3O3. The minimum absolute atomic E-state index is 0.0612. The Labute approximate surface area is 188 Å². The van der Waals surface area contributed by atoms with Gasteiger partial charge in [-0.1, -0.05) is 29.8 Å². The molecule has 31 heavy (non-hydrogen) atoms. The van der Waals surface area contributed by atoms with Crippen LogP contribution in [0.15, 0.2) is 42.5 Å². The van der Waals surface area contributed by atoms with Gasteiger partial charge in [-0.05, 0) is 69.1 Å². The lowest BCUT2D eigenvalue weighted by molar-refractivity contribution is 0.156. The Morgan fingerprint density at radius 1 is 1.13 bits per heavy atom. The zero-order valence-corrected chi connectivity index (χ0v) is 19.0. The molecular weight excluding hydrogens is 414 g/mol. The third-order valence-electron chi connectivity index (χ3n) is 6.94. The van der Waals surface area contributed by atoms with Crippen molar-refractivity contribution in [2.45, 2.75) is 43.2 Å². The molecule has 1 aliphatic heterocycles. The molecule has 3 atom stereocenters. The number of halogens is 1. The molecule has 2 aromatic carbocycles. The fourth-order valence-electron chi connectivity index (χ4n) is 5.30. The number of benzene rings is 2. The van der Waals surface area contributed by atoms with Crippen molar-refractivity contribution >= 4 is 23.3 Å². The predicted molar refractivity (Wildman–Crippen MR) is 124 cm³/mol. The van der Waals surface area contributed by atoms with E-state index in [1.165, 1.54) is 5.56 Å². The van der Waals surface area contributed by atoms with Crippen molar-refractivity contribution in [3.8, 4) is 11.5 Å². The van der Waals surface area contributed by atoms with E-state index in [1.807, 2.05) is 18.2 Å². The number of anilines is 1. The first kappa shape index (κ1) is 21.8. The van der Waals surface area contributed by atoms with Crippen LogP contribution in [0.3, 0.4) is 0 Å². The normalized spacial score (nSPS) is 25.5. The summed E-state index contributed by atoms with van der Waals surface area (Å²) < 4.78 is 11.0. The molecule has 0 bridgehead atoms. The molecule has 1 saturated carbocycles. The molecule has 4 rings (SSSR count). The standard InChI is InChI=1S/C24H30ClN3O3/c1-28-13-12-24(16-8-9-20(30-2)21(14-16)31-3)11-10-17(15-22(24)28)26-23(29)27-19-7-5-4-6-18(19)25/h4-9,14,17,22H,10-13,15H2,1-3H3,(H2,26,27,29). The minimum atomic E-state index is -0.211.